The molecule has 3 aromatic rings. The number of benzene rings is 2. The van der Waals surface area contributed by atoms with E-state index >= 15 is 0 Å². The molecule has 0 unspecified atom stereocenters. The summed E-state index contributed by atoms with van der Waals surface area (Å²) in [6.07, 6.45) is 0. The molecule has 1 heterocycles. The lowest BCUT2D eigenvalue weighted by molar-refractivity contribution is 0.102. The van der Waals surface area contributed by atoms with Crippen molar-refractivity contribution in [3.05, 3.63) is 80.3 Å². The molecule has 0 saturated carbocycles. The van der Waals surface area contributed by atoms with Gasteiger partial charge in [-0.1, -0.05) is 15.9 Å². The molecule has 0 spiro atoms. The van der Waals surface area contributed by atoms with Crippen LogP contribution >= 0.6 is 15.9 Å². The fraction of sp³-hybridized carbons (Fsp3) is 0.158. The number of carbonyl (C=O) groups is 1. The van der Waals surface area contributed by atoms with Gasteiger partial charge >= 0.3 is 0 Å². The second-order valence-electron chi connectivity index (χ2n) is 6.21. The van der Waals surface area contributed by atoms with Crippen LogP contribution in [0.15, 0.2) is 28.7 Å². The van der Waals surface area contributed by atoms with Gasteiger partial charge in [-0.05, 0) is 38.1 Å². The fourth-order valence-electron chi connectivity index (χ4n) is 2.76. The first-order valence-electron chi connectivity index (χ1n) is 8.23. The molecule has 0 radical (unpaired) electrons. The number of hydrogen-bond acceptors (Lipinski definition) is 2. The Hall–Kier alpha value is -2.75. The third-order valence-electron chi connectivity index (χ3n) is 4.34. The fourth-order valence-corrected chi connectivity index (χ4v) is 3.02. The highest BCUT2D eigenvalue weighted by Gasteiger charge is 2.27. The van der Waals surface area contributed by atoms with Gasteiger partial charge in [0.1, 0.15) is 0 Å². The molecule has 0 aliphatic heterocycles. The maximum atomic E-state index is 14.0. The minimum atomic E-state index is -2.22. The van der Waals surface area contributed by atoms with Crippen LogP contribution in [0, 0.1) is 42.9 Å². The number of aromatic nitrogens is 2. The molecule has 0 atom stereocenters. The molecule has 2 aromatic carbocycles. The Labute approximate surface area is 170 Å². The third kappa shape index (κ3) is 3.89. The van der Waals surface area contributed by atoms with Crippen LogP contribution in [0.1, 0.15) is 27.3 Å². The first-order valence-corrected chi connectivity index (χ1v) is 9.02. The number of anilines is 1. The van der Waals surface area contributed by atoms with Gasteiger partial charge in [0.15, 0.2) is 23.3 Å². The van der Waals surface area contributed by atoms with Crippen LogP contribution in [0.2, 0.25) is 0 Å². The summed E-state index contributed by atoms with van der Waals surface area (Å²) >= 11 is 3.26. The Balaban J connectivity index is 1.93. The van der Waals surface area contributed by atoms with Crippen molar-refractivity contribution >= 4 is 27.5 Å². The van der Waals surface area contributed by atoms with E-state index in [-0.39, 0.29) is 11.4 Å². The average molecular weight is 474 g/mol. The molecule has 152 valence electrons. The Morgan fingerprint density at radius 1 is 0.966 bits per heavy atom. The van der Waals surface area contributed by atoms with Crippen molar-refractivity contribution in [3.63, 3.8) is 0 Å². The molecule has 1 aromatic heterocycles. The second kappa shape index (κ2) is 7.94. The number of carbonyl (C=O) groups excluding carboxylic acids is 1. The average Bonchev–Trinajstić information content (AvgIpc) is 2.96. The Bertz CT molecular complexity index is 1080. The number of nitrogens with zero attached hydrogens (tertiary/aromatic N) is 2. The number of hydrogen-bond donors (Lipinski definition) is 1. The van der Waals surface area contributed by atoms with Gasteiger partial charge in [-0.25, -0.2) is 22.0 Å². The summed E-state index contributed by atoms with van der Waals surface area (Å²) in [6.45, 7) is 2.34. The van der Waals surface area contributed by atoms with E-state index < -0.39 is 47.1 Å². The van der Waals surface area contributed by atoms with Crippen LogP contribution in [0.3, 0.4) is 0 Å². The molecule has 1 amide bonds. The molecule has 1 N–H and O–H groups in total. The number of rotatable bonds is 4. The highest BCUT2D eigenvalue weighted by molar-refractivity contribution is 9.10. The predicted molar refractivity (Wildman–Crippen MR) is 99.1 cm³/mol. The van der Waals surface area contributed by atoms with E-state index in [1.54, 1.807) is 31.2 Å². The largest absolute Gasteiger partial charge is 0.319 e. The first kappa shape index (κ1) is 21.0. The topological polar surface area (TPSA) is 46.9 Å². The van der Waals surface area contributed by atoms with Crippen molar-refractivity contribution in [2.45, 2.75) is 20.4 Å². The first-order chi connectivity index (χ1) is 13.6. The maximum Gasteiger partial charge on any atom is 0.255 e. The highest BCUT2D eigenvalue weighted by Crippen LogP contribution is 2.26. The number of aryl methyl sites for hydroxylation is 1. The molecule has 10 heteroatoms. The third-order valence-corrected chi connectivity index (χ3v) is 4.86. The van der Waals surface area contributed by atoms with E-state index in [0.717, 1.165) is 9.15 Å². The molecule has 0 aliphatic rings. The molecule has 0 fully saturated rings. The molecular weight excluding hydrogens is 461 g/mol. The number of amides is 1. The van der Waals surface area contributed by atoms with E-state index in [4.69, 9.17) is 0 Å². The van der Waals surface area contributed by atoms with E-state index in [1.807, 2.05) is 0 Å². The normalized spacial score (nSPS) is 11.0. The number of halogens is 6. The van der Waals surface area contributed by atoms with E-state index in [0.29, 0.717) is 11.3 Å². The zero-order chi connectivity index (χ0) is 21.5. The van der Waals surface area contributed by atoms with Gasteiger partial charge in [-0.15, -0.1) is 0 Å². The lowest BCUT2D eigenvalue weighted by atomic mass is 10.1. The summed E-state index contributed by atoms with van der Waals surface area (Å²) in [4.78, 5) is 12.4. The Morgan fingerprint density at radius 3 is 2.03 bits per heavy atom. The SMILES string of the molecule is Cc1nn(Cc2c(F)c(F)c(F)c(F)c2F)c(C)c1NC(=O)c1ccc(Br)cc1. The van der Waals surface area contributed by atoms with Crippen molar-refractivity contribution in [2.24, 2.45) is 0 Å². The monoisotopic (exact) mass is 473 g/mol. The summed E-state index contributed by atoms with van der Waals surface area (Å²) in [5.41, 5.74) is 0.229. The van der Waals surface area contributed by atoms with E-state index in [9.17, 15) is 26.7 Å². The molecular formula is C19H13BrF5N3O. The van der Waals surface area contributed by atoms with Gasteiger partial charge < -0.3 is 5.32 Å². The molecule has 0 bridgehead atoms. The highest BCUT2D eigenvalue weighted by atomic mass is 79.9. The Morgan fingerprint density at radius 2 is 1.48 bits per heavy atom. The van der Waals surface area contributed by atoms with Crippen molar-refractivity contribution in [2.75, 3.05) is 5.32 Å². The predicted octanol–water partition coefficient (Wildman–Crippen LogP) is 5.26. The van der Waals surface area contributed by atoms with Crippen LogP contribution < -0.4 is 5.32 Å². The van der Waals surface area contributed by atoms with Crippen LogP contribution in [0.4, 0.5) is 27.6 Å². The molecule has 29 heavy (non-hydrogen) atoms. The zero-order valence-corrected chi connectivity index (χ0v) is 16.7. The standard InChI is InChI=1S/C19H13BrF5N3O/c1-8-18(26-19(29)10-3-5-11(20)6-4-10)9(2)28(27-8)7-12-13(21)15(23)17(25)16(24)14(12)22/h3-6H,7H2,1-2H3,(H,26,29). The quantitative estimate of drug-likeness (QED) is 0.319. The van der Waals surface area contributed by atoms with Gasteiger partial charge in [-0.3, -0.25) is 9.48 Å². The van der Waals surface area contributed by atoms with Crippen LogP contribution in [0.5, 0.6) is 0 Å². The van der Waals surface area contributed by atoms with Crippen molar-refractivity contribution in [1.29, 1.82) is 0 Å². The van der Waals surface area contributed by atoms with Crippen LogP contribution in [0.25, 0.3) is 0 Å². The zero-order valence-electron chi connectivity index (χ0n) is 15.1. The lowest BCUT2D eigenvalue weighted by Crippen LogP contribution is -2.14. The summed E-state index contributed by atoms with van der Waals surface area (Å²) in [5, 5.41) is 6.70. The number of nitrogens with one attached hydrogen (secondary N) is 1. The van der Waals surface area contributed by atoms with Gasteiger partial charge in [0.25, 0.3) is 5.91 Å². The van der Waals surface area contributed by atoms with Gasteiger partial charge in [0, 0.05) is 10.0 Å². The van der Waals surface area contributed by atoms with Crippen molar-refractivity contribution < 1.29 is 26.7 Å². The van der Waals surface area contributed by atoms with Crippen LogP contribution in [-0.4, -0.2) is 15.7 Å². The van der Waals surface area contributed by atoms with E-state index in [1.165, 1.54) is 6.92 Å². The molecule has 0 saturated heterocycles. The summed E-state index contributed by atoms with van der Waals surface area (Å²) < 4.78 is 69.8. The molecule has 3 rings (SSSR count). The molecule has 0 aliphatic carbocycles. The maximum absolute atomic E-state index is 14.0. The van der Waals surface area contributed by atoms with Gasteiger partial charge in [-0.2, -0.15) is 5.10 Å². The van der Waals surface area contributed by atoms with Crippen molar-refractivity contribution in [3.8, 4) is 0 Å². The Kier molecular flexibility index (Phi) is 5.74. The second-order valence-corrected chi connectivity index (χ2v) is 7.13. The minimum absolute atomic E-state index is 0.279. The van der Waals surface area contributed by atoms with Crippen molar-refractivity contribution in [1.82, 2.24) is 9.78 Å². The summed E-state index contributed by atoms with van der Waals surface area (Å²) in [6, 6.07) is 6.54. The van der Waals surface area contributed by atoms with Gasteiger partial charge in [0.2, 0.25) is 5.82 Å². The minimum Gasteiger partial charge on any atom is -0.319 e. The molecule has 4 nitrogen and oxygen atoms in total. The lowest BCUT2D eigenvalue weighted by Gasteiger charge is -2.10. The smallest absolute Gasteiger partial charge is 0.255 e. The van der Waals surface area contributed by atoms with Crippen LogP contribution in [-0.2, 0) is 6.54 Å². The summed E-state index contributed by atoms with van der Waals surface area (Å²) in [7, 11) is 0. The van der Waals surface area contributed by atoms with Gasteiger partial charge in [0.05, 0.1) is 29.2 Å². The summed E-state index contributed by atoms with van der Waals surface area (Å²) in [5.74, 6) is -10.6. The van der Waals surface area contributed by atoms with E-state index in [2.05, 4.69) is 26.3 Å².